The minimum Gasteiger partial charge on any atom is -0.326 e. The van der Waals surface area contributed by atoms with Crippen molar-refractivity contribution in [3.63, 3.8) is 0 Å². The Hall–Kier alpha value is -3.32. The number of imidazole rings is 1. The third-order valence-electron chi connectivity index (χ3n) is 4.40. The zero-order chi connectivity index (χ0) is 20.1. The molecule has 0 saturated carbocycles. The molecule has 0 aliphatic carbocycles. The molecular weight excluding hydrogens is 382 g/mol. The molecule has 0 atom stereocenters. The predicted molar refractivity (Wildman–Crippen MR) is 116 cm³/mol. The van der Waals surface area contributed by atoms with Crippen LogP contribution >= 0.6 is 11.8 Å². The third-order valence-corrected chi connectivity index (χ3v) is 5.40. The van der Waals surface area contributed by atoms with E-state index in [0.717, 1.165) is 28.6 Å². The van der Waals surface area contributed by atoms with Gasteiger partial charge < -0.3 is 9.88 Å². The van der Waals surface area contributed by atoms with Crippen LogP contribution in [0.1, 0.15) is 6.92 Å². The lowest BCUT2D eigenvalue weighted by Crippen LogP contribution is -2.17. The molecule has 1 N–H and O–H groups in total. The molecule has 4 aromatic rings. The molecule has 0 saturated heterocycles. The normalized spacial score (nSPS) is 10.8. The lowest BCUT2D eigenvalue weighted by Gasteiger charge is -2.09. The first kappa shape index (κ1) is 19.0. The number of para-hydroxylation sites is 1. The summed E-state index contributed by atoms with van der Waals surface area (Å²) in [7, 11) is 0. The molecule has 0 radical (unpaired) electrons. The summed E-state index contributed by atoms with van der Waals surface area (Å²) >= 11 is 1.42. The van der Waals surface area contributed by atoms with Gasteiger partial charge in [0, 0.05) is 30.6 Å². The van der Waals surface area contributed by atoms with E-state index in [2.05, 4.69) is 17.2 Å². The highest BCUT2D eigenvalue weighted by molar-refractivity contribution is 7.99. The molecule has 29 heavy (non-hydrogen) atoms. The van der Waals surface area contributed by atoms with Crippen molar-refractivity contribution in [3.8, 4) is 16.9 Å². The van der Waals surface area contributed by atoms with Crippen molar-refractivity contribution in [3.05, 3.63) is 79.1 Å². The van der Waals surface area contributed by atoms with Crippen LogP contribution in [0, 0.1) is 0 Å². The first-order valence-electron chi connectivity index (χ1n) is 9.39. The molecule has 7 heteroatoms. The minimum atomic E-state index is -0.0997. The Kier molecular flexibility index (Phi) is 5.76. The fourth-order valence-electron chi connectivity index (χ4n) is 2.97. The number of nitrogens with one attached hydrogen (secondary N) is 1. The van der Waals surface area contributed by atoms with Gasteiger partial charge in [0.1, 0.15) is 5.82 Å². The highest BCUT2D eigenvalue weighted by atomic mass is 32.2. The minimum absolute atomic E-state index is 0.0997. The van der Waals surface area contributed by atoms with Gasteiger partial charge in [0.05, 0.1) is 17.1 Å². The molecule has 4 rings (SSSR count). The summed E-state index contributed by atoms with van der Waals surface area (Å²) in [6.07, 6.45) is 3.66. The second-order valence-electron chi connectivity index (χ2n) is 6.36. The molecule has 0 fully saturated rings. The van der Waals surface area contributed by atoms with Crippen LogP contribution in [0.25, 0.3) is 16.9 Å². The first-order valence-corrected chi connectivity index (χ1v) is 10.4. The van der Waals surface area contributed by atoms with Crippen molar-refractivity contribution < 1.29 is 4.79 Å². The summed E-state index contributed by atoms with van der Waals surface area (Å²) < 4.78 is 3.78. The van der Waals surface area contributed by atoms with Crippen molar-refractivity contribution >= 4 is 23.5 Å². The van der Waals surface area contributed by atoms with Gasteiger partial charge >= 0.3 is 0 Å². The van der Waals surface area contributed by atoms with Gasteiger partial charge in [0.25, 0.3) is 0 Å². The summed E-state index contributed by atoms with van der Waals surface area (Å²) in [5.41, 5.74) is 2.69. The average Bonchev–Trinajstić information content (AvgIpc) is 3.40. The molecule has 2 heterocycles. The van der Waals surface area contributed by atoms with E-state index >= 15 is 0 Å². The van der Waals surface area contributed by atoms with E-state index in [4.69, 9.17) is 5.10 Å². The van der Waals surface area contributed by atoms with Crippen LogP contribution < -0.4 is 5.32 Å². The van der Waals surface area contributed by atoms with Crippen LogP contribution in [0.2, 0.25) is 0 Å². The van der Waals surface area contributed by atoms with E-state index in [1.807, 2.05) is 77.5 Å². The number of hydrogen-bond acceptors (Lipinski definition) is 4. The van der Waals surface area contributed by atoms with Gasteiger partial charge in [-0.05, 0) is 19.1 Å². The Morgan fingerprint density at radius 3 is 2.52 bits per heavy atom. The highest BCUT2D eigenvalue weighted by Crippen LogP contribution is 2.25. The Bertz CT molecular complexity index is 1090. The number of aromatic nitrogens is 4. The standard InChI is InChI=1S/C22H21N5OS/c1-2-26-14-13-23-22(26)29-16-21(28)24-20-15-19(17-9-5-3-6-10-17)25-27(20)18-11-7-4-8-12-18/h3-15H,2,16H2,1H3,(H,24,28). The van der Waals surface area contributed by atoms with E-state index in [-0.39, 0.29) is 11.7 Å². The summed E-state index contributed by atoms with van der Waals surface area (Å²) in [5.74, 6) is 0.814. The second kappa shape index (κ2) is 8.79. The third kappa shape index (κ3) is 4.41. The molecule has 0 aliphatic rings. The molecule has 2 aromatic carbocycles. The SMILES string of the molecule is CCn1ccnc1SCC(=O)Nc1cc(-c2ccccc2)nn1-c1ccccc1. The van der Waals surface area contributed by atoms with Crippen LogP contribution in [0.4, 0.5) is 5.82 Å². The van der Waals surface area contributed by atoms with Crippen LogP contribution in [0.3, 0.4) is 0 Å². The van der Waals surface area contributed by atoms with Crippen LogP contribution in [-0.2, 0) is 11.3 Å². The van der Waals surface area contributed by atoms with Crippen molar-refractivity contribution in [2.24, 2.45) is 0 Å². The van der Waals surface area contributed by atoms with Gasteiger partial charge in [-0.2, -0.15) is 5.10 Å². The molecule has 2 aromatic heterocycles. The summed E-state index contributed by atoms with van der Waals surface area (Å²) in [4.78, 5) is 16.9. The van der Waals surface area contributed by atoms with Crippen molar-refractivity contribution in [1.29, 1.82) is 0 Å². The van der Waals surface area contributed by atoms with E-state index in [0.29, 0.717) is 5.82 Å². The molecule has 0 bridgehead atoms. The maximum Gasteiger partial charge on any atom is 0.236 e. The van der Waals surface area contributed by atoms with E-state index in [1.54, 1.807) is 10.9 Å². The number of carbonyl (C=O) groups excluding carboxylic acids is 1. The largest absolute Gasteiger partial charge is 0.326 e. The van der Waals surface area contributed by atoms with E-state index in [1.165, 1.54) is 11.8 Å². The van der Waals surface area contributed by atoms with Gasteiger partial charge in [0.2, 0.25) is 5.91 Å². The van der Waals surface area contributed by atoms with Gasteiger partial charge in [-0.15, -0.1) is 0 Å². The second-order valence-corrected chi connectivity index (χ2v) is 7.30. The Labute approximate surface area is 173 Å². The fraction of sp³-hybridized carbons (Fsp3) is 0.136. The smallest absolute Gasteiger partial charge is 0.236 e. The Balaban J connectivity index is 1.57. The number of rotatable bonds is 7. The molecule has 0 spiro atoms. The van der Waals surface area contributed by atoms with E-state index in [9.17, 15) is 4.79 Å². The van der Waals surface area contributed by atoms with Crippen molar-refractivity contribution in [1.82, 2.24) is 19.3 Å². The van der Waals surface area contributed by atoms with Gasteiger partial charge in [-0.3, -0.25) is 4.79 Å². The highest BCUT2D eigenvalue weighted by Gasteiger charge is 2.14. The zero-order valence-corrected chi connectivity index (χ0v) is 16.8. The maximum absolute atomic E-state index is 12.6. The summed E-state index contributed by atoms with van der Waals surface area (Å²) in [5, 5.41) is 8.56. The topological polar surface area (TPSA) is 64.7 Å². The van der Waals surface area contributed by atoms with Crippen molar-refractivity contribution in [2.45, 2.75) is 18.6 Å². The number of anilines is 1. The quantitative estimate of drug-likeness (QED) is 0.462. The number of thioether (sulfide) groups is 1. The number of hydrogen-bond donors (Lipinski definition) is 1. The maximum atomic E-state index is 12.6. The Morgan fingerprint density at radius 2 is 1.79 bits per heavy atom. The van der Waals surface area contributed by atoms with Crippen LogP contribution in [0.15, 0.2) is 84.3 Å². The number of nitrogens with zero attached hydrogens (tertiary/aromatic N) is 4. The molecular formula is C22H21N5OS. The Morgan fingerprint density at radius 1 is 1.07 bits per heavy atom. The average molecular weight is 404 g/mol. The molecule has 1 amide bonds. The van der Waals surface area contributed by atoms with Gasteiger partial charge in [-0.25, -0.2) is 9.67 Å². The summed E-state index contributed by atoms with van der Waals surface area (Å²) in [6.45, 7) is 2.88. The number of amides is 1. The van der Waals surface area contributed by atoms with E-state index < -0.39 is 0 Å². The fourth-order valence-corrected chi connectivity index (χ4v) is 3.80. The predicted octanol–water partition coefficient (Wildman–Crippen LogP) is 4.49. The van der Waals surface area contributed by atoms with Crippen LogP contribution in [0.5, 0.6) is 0 Å². The monoisotopic (exact) mass is 403 g/mol. The summed E-state index contributed by atoms with van der Waals surface area (Å²) in [6, 6.07) is 21.6. The first-order chi connectivity index (χ1) is 14.2. The number of aryl methyl sites for hydroxylation is 1. The van der Waals surface area contributed by atoms with Gasteiger partial charge in [0.15, 0.2) is 5.16 Å². The van der Waals surface area contributed by atoms with Crippen molar-refractivity contribution in [2.75, 3.05) is 11.1 Å². The molecule has 0 unspecified atom stereocenters. The molecule has 6 nitrogen and oxygen atoms in total. The zero-order valence-electron chi connectivity index (χ0n) is 16.0. The number of benzene rings is 2. The lowest BCUT2D eigenvalue weighted by atomic mass is 10.2. The lowest BCUT2D eigenvalue weighted by molar-refractivity contribution is -0.113. The van der Waals surface area contributed by atoms with Gasteiger partial charge in [-0.1, -0.05) is 60.3 Å². The molecule has 0 aliphatic heterocycles. The number of carbonyl (C=O) groups is 1. The van der Waals surface area contributed by atoms with Crippen LogP contribution in [-0.4, -0.2) is 31.0 Å². The molecule has 146 valence electrons.